The quantitative estimate of drug-likeness (QED) is 0.158. The van der Waals surface area contributed by atoms with E-state index in [1.54, 1.807) is 0 Å². The van der Waals surface area contributed by atoms with Gasteiger partial charge in [0.15, 0.2) is 0 Å². The summed E-state index contributed by atoms with van der Waals surface area (Å²) in [5, 5.41) is 18.6. The van der Waals surface area contributed by atoms with Crippen molar-refractivity contribution in [1.29, 1.82) is 0 Å². The summed E-state index contributed by atoms with van der Waals surface area (Å²) in [6.07, 6.45) is 0. The summed E-state index contributed by atoms with van der Waals surface area (Å²) in [5.74, 6) is 0. The van der Waals surface area contributed by atoms with Crippen LogP contribution in [0, 0.1) is 0 Å². The summed E-state index contributed by atoms with van der Waals surface area (Å²) < 4.78 is 0. The molecule has 0 saturated carbocycles. The zero-order valence-corrected chi connectivity index (χ0v) is 23.4. The van der Waals surface area contributed by atoms with Crippen molar-refractivity contribution in [2.24, 2.45) is 0 Å². The van der Waals surface area contributed by atoms with Crippen LogP contribution in [0.15, 0.2) is 152 Å². The lowest BCUT2D eigenvalue weighted by Crippen LogP contribution is -2.10. The molecule has 0 spiro atoms. The van der Waals surface area contributed by atoms with E-state index in [1.165, 1.54) is 81.1 Å². The topological polar surface area (TPSA) is 3.24 Å². The Hall–Kier alpha value is -5.66. The van der Waals surface area contributed by atoms with Crippen molar-refractivity contribution < 1.29 is 0 Å². The van der Waals surface area contributed by atoms with Gasteiger partial charge in [-0.15, -0.1) is 0 Å². The van der Waals surface area contributed by atoms with Crippen LogP contribution in [0.25, 0.3) is 75.4 Å². The summed E-state index contributed by atoms with van der Waals surface area (Å²) in [6.45, 7) is 0. The van der Waals surface area contributed by atoms with Gasteiger partial charge in [-0.05, 0) is 100 Å². The maximum atomic E-state index is 2.39. The molecule has 0 N–H and O–H groups in total. The molecular weight excluding hydrogens is 518 g/mol. The minimum absolute atomic E-state index is 1.15. The summed E-state index contributed by atoms with van der Waals surface area (Å²) in [6, 6.07) is 55.8. The second kappa shape index (κ2) is 8.44. The zero-order valence-electron chi connectivity index (χ0n) is 23.4. The molecule has 0 atom stereocenters. The van der Waals surface area contributed by atoms with Gasteiger partial charge in [-0.2, -0.15) is 0 Å². The molecule has 198 valence electrons. The monoisotopic (exact) mass is 543 g/mol. The molecule has 0 aliphatic rings. The summed E-state index contributed by atoms with van der Waals surface area (Å²) in [5.41, 5.74) is 3.49. The van der Waals surface area contributed by atoms with Crippen LogP contribution in [-0.2, 0) is 0 Å². The van der Waals surface area contributed by atoms with Crippen LogP contribution < -0.4 is 4.90 Å². The largest absolute Gasteiger partial charge is 0.310 e. The predicted molar refractivity (Wildman–Crippen MR) is 186 cm³/mol. The van der Waals surface area contributed by atoms with E-state index in [1.807, 2.05) is 0 Å². The number of para-hydroxylation sites is 2. The van der Waals surface area contributed by atoms with Crippen molar-refractivity contribution in [2.75, 3.05) is 4.90 Å². The van der Waals surface area contributed by atoms with E-state index >= 15 is 0 Å². The molecule has 10 aromatic rings. The fraction of sp³-hybridized carbons (Fsp3) is 0. The smallest absolute Gasteiger partial charge is 0.0540 e. The van der Waals surface area contributed by atoms with Gasteiger partial charge in [-0.3, -0.25) is 0 Å². The fourth-order valence-corrected chi connectivity index (χ4v) is 7.80. The van der Waals surface area contributed by atoms with Gasteiger partial charge in [-0.1, -0.05) is 121 Å². The Morgan fingerprint density at radius 2 is 0.651 bits per heavy atom. The van der Waals surface area contributed by atoms with Crippen LogP contribution in [-0.4, -0.2) is 0 Å². The number of rotatable bonds is 3. The molecule has 0 aliphatic heterocycles. The normalized spacial score (nSPS) is 12.2. The predicted octanol–water partition coefficient (Wildman–Crippen LogP) is 12.1. The third-order valence-corrected chi connectivity index (χ3v) is 9.51. The molecule has 0 unspecified atom stereocenters. The zero-order chi connectivity index (χ0) is 28.1. The highest BCUT2D eigenvalue weighted by molar-refractivity contribution is 6.42. The van der Waals surface area contributed by atoms with Gasteiger partial charge in [0, 0.05) is 16.8 Å². The third-order valence-electron chi connectivity index (χ3n) is 9.51. The Morgan fingerprint density at radius 3 is 1.19 bits per heavy atom. The molecule has 0 amide bonds. The van der Waals surface area contributed by atoms with E-state index in [0.717, 1.165) is 11.4 Å². The van der Waals surface area contributed by atoms with Gasteiger partial charge in [0.05, 0.1) is 5.69 Å². The molecule has 43 heavy (non-hydrogen) atoms. The van der Waals surface area contributed by atoms with Gasteiger partial charge in [-0.25, -0.2) is 0 Å². The SMILES string of the molecule is c1ccc(N(c2ccccc2)c2ccc3c4ccc5c6cccc7cccc(c8ccc(c9cccc2c93)c4c85)c76)cc1. The third kappa shape index (κ3) is 3.01. The highest BCUT2D eigenvalue weighted by Gasteiger charge is 2.21. The highest BCUT2D eigenvalue weighted by atomic mass is 15.1. The number of hydrogen-bond donors (Lipinski definition) is 0. The minimum Gasteiger partial charge on any atom is -0.310 e. The standard InChI is InChI=1S/C42H25N/c1-3-12-27(13-4-1)43(28-14-5-2-6-15-28)38-25-24-32-36-23-21-34-30-17-8-11-26-10-7-16-29(39(26)30)33-20-22-35(42(36)41(33)34)31-18-9-19-37(38)40(31)32/h1-25H. The number of nitrogens with zero attached hydrogens (tertiary/aromatic N) is 1. The summed E-state index contributed by atoms with van der Waals surface area (Å²) in [4.78, 5) is 2.39. The maximum absolute atomic E-state index is 2.39. The van der Waals surface area contributed by atoms with Gasteiger partial charge in [0.1, 0.15) is 0 Å². The summed E-state index contributed by atoms with van der Waals surface area (Å²) in [7, 11) is 0. The van der Waals surface area contributed by atoms with Crippen LogP contribution in [0.2, 0.25) is 0 Å². The Morgan fingerprint density at radius 1 is 0.256 bits per heavy atom. The molecule has 0 fully saturated rings. The molecule has 0 bridgehead atoms. The molecule has 10 aromatic carbocycles. The number of fused-ring (bicyclic) bond motifs is 4. The van der Waals surface area contributed by atoms with Crippen LogP contribution in [0.1, 0.15) is 0 Å². The van der Waals surface area contributed by atoms with Crippen molar-refractivity contribution in [3.63, 3.8) is 0 Å². The first-order chi connectivity index (χ1) is 21.4. The highest BCUT2D eigenvalue weighted by Crippen LogP contribution is 2.49. The van der Waals surface area contributed by atoms with Crippen molar-refractivity contribution in [3.8, 4) is 0 Å². The van der Waals surface area contributed by atoms with E-state index in [0.29, 0.717) is 0 Å². The second-order valence-electron chi connectivity index (χ2n) is 11.6. The maximum Gasteiger partial charge on any atom is 0.0540 e. The van der Waals surface area contributed by atoms with E-state index < -0.39 is 0 Å². The molecular formula is C42H25N. The minimum atomic E-state index is 1.15. The second-order valence-corrected chi connectivity index (χ2v) is 11.6. The van der Waals surface area contributed by atoms with Crippen LogP contribution in [0.4, 0.5) is 17.1 Å². The van der Waals surface area contributed by atoms with E-state index in [2.05, 4.69) is 157 Å². The average Bonchev–Trinajstić information content (AvgIpc) is 3.08. The number of benzene rings is 10. The molecule has 0 heterocycles. The van der Waals surface area contributed by atoms with Crippen LogP contribution in [0.3, 0.4) is 0 Å². The van der Waals surface area contributed by atoms with E-state index in [4.69, 9.17) is 0 Å². The van der Waals surface area contributed by atoms with Gasteiger partial charge >= 0.3 is 0 Å². The molecule has 0 radical (unpaired) electrons. The molecule has 0 aromatic heterocycles. The average molecular weight is 544 g/mol. The van der Waals surface area contributed by atoms with Crippen molar-refractivity contribution in [3.05, 3.63) is 152 Å². The first kappa shape index (κ1) is 23.0. The Kier molecular flexibility index (Phi) is 4.51. The lowest BCUT2D eigenvalue weighted by Gasteiger charge is -2.28. The van der Waals surface area contributed by atoms with Crippen molar-refractivity contribution in [2.45, 2.75) is 0 Å². The molecule has 10 rings (SSSR count). The molecule has 1 nitrogen and oxygen atoms in total. The molecule has 0 saturated heterocycles. The fourth-order valence-electron chi connectivity index (χ4n) is 7.80. The number of anilines is 3. The first-order valence-corrected chi connectivity index (χ1v) is 15.0. The Bertz CT molecular complexity index is 2510. The molecule has 1 heteroatoms. The van der Waals surface area contributed by atoms with Gasteiger partial charge in [0.2, 0.25) is 0 Å². The first-order valence-electron chi connectivity index (χ1n) is 15.0. The summed E-state index contributed by atoms with van der Waals surface area (Å²) >= 11 is 0. The lowest BCUT2D eigenvalue weighted by atomic mass is 9.84. The molecule has 0 aliphatic carbocycles. The van der Waals surface area contributed by atoms with Crippen molar-refractivity contribution in [1.82, 2.24) is 0 Å². The van der Waals surface area contributed by atoms with Crippen LogP contribution >= 0.6 is 0 Å². The van der Waals surface area contributed by atoms with E-state index in [-0.39, 0.29) is 0 Å². The van der Waals surface area contributed by atoms with E-state index in [9.17, 15) is 0 Å². The van der Waals surface area contributed by atoms with Crippen molar-refractivity contribution >= 4 is 92.5 Å². The van der Waals surface area contributed by atoms with Crippen LogP contribution in [0.5, 0.6) is 0 Å². The lowest BCUT2D eigenvalue weighted by molar-refractivity contribution is 1.30. The Balaban J connectivity index is 1.37. The van der Waals surface area contributed by atoms with Gasteiger partial charge in [0.25, 0.3) is 0 Å². The van der Waals surface area contributed by atoms with Gasteiger partial charge < -0.3 is 4.90 Å². The number of hydrogen-bond acceptors (Lipinski definition) is 1. The Labute approximate surface area is 248 Å².